The molecule has 528 valence electrons. The van der Waals surface area contributed by atoms with Gasteiger partial charge in [0, 0.05) is 285 Å². The average molecular weight is 2180 g/mol. The van der Waals surface area contributed by atoms with Gasteiger partial charge in [-0.2, -0.15) is 7.82 Å². The third-order valence-electron chi connectivity index (χ3n) is 4.03. The Labute approximate surface area is 621 Å². The number of hydrogen-bond acceptors (Lipinski definition) is 5. The fourth-order valence-corrected chi connectivity index (χ4v) is 2.67. The number of nitrogens with one attached hydrogen (secondary N) is 3. The van der Waals surface area contributed by atoms with Crippen LogP contribution in [0.5, 0.6) is 0 Å². The van der Waals surface area contributed by atoms with Crippen molar-refractivity contribution in [2.45, 2.75) is 39.0 Å². The van der Waals surface area contributed by atoms with Crippen molar-refractivity contribution in [1.29, 1.82) is 0 Å². The first kappa shape index (κ1) is 433. The minimum Gasteiger partial charge on any atom is -2.00 e. The summed E-state index contributed by atoms with van der Waals surface area (Å²) in [5, 5.41) is 0. The number of nitrogens with zero attached hydrogens (tertiary/aromatic N) is 5. The molecule has 79 heavy (non-hydrogen) atoms. The predicted octanol–water partition coefficient (Wildman–Crippen LogP) is -6.53. The first-order valence-electron chi connectivity index (χ1n) is 9.64. The van der Waals surface area contributed by atoms with Crippen molar-refractivity contribution in [1.82, 2.24) is 24.5 Å². The summed E-state index contributed by atoms with van der Waals surface area (Å²) in [7, 11) is -5.39. The van der Waals surface area contributed by atoms with E-state index in [2.05, 4.69) is 38.2 Å². The minimum atomic E-state index is -5.39. The fourth-order valence-electron chi connectivity index (χ4n) is 2.67. The van der Waals surface area contributed by atoms with Crippen molar-refractivity contribution in [3.8, 4) is 0 Å². The molecule has 0 aromatic carbocycles. The Bertz CT molecular complexity index is 900. The number of aromatic amines is 3. The van der Waals surface area contributed by atoms with E-state index in [0.29, 0.717) is 0 Å². The summed E-state index contributed by atoms with van der Waals surface area (Å²) in [6.45, 7) is 4.18. The van der Waals surface area contributed by atoms with Gasteiger partial charge in [0.1, 0.15) is 37.2 Å². The molecule has 61 heteroatoms. The van der Waals surface area contributed by atoms with Gasteiger partial charge in [-0.15, -0.1) is 0 Å². The molecule has 4 rings (SSSR count). The van der Waals surface area contributed by atoms with Crippen LogP contribution in [0.25, 0.3) is 0 Å². The molecule has 4 aromatic rings. The van der Waals surface area contributed by atoms with Crippen molar-refractivity contribution in [3.05, 3.63) is 74.9 Å². The van der Waals surface area contributed by atoms with Gasteiger partial charge in [-0.05, 0) is 0 Å². The van der Waals surface area contributed by atoms with Gasteiger partial charge in [-0.1, -0.05) is 0 Å². The molecule has 0 radical (unpaired) electrons. The molecule has 0 atom stereocenters. The van der Waals surface area contributed by atoms with E-state index in [1.54, 1.807) is 0 Å². The number of hydrogen-bond donors (Lipinski definition) is 3. The molecule has 4 aromatic heterocycles. The van der Waals surface area contributed by atoms with E-state index in [1.165, 1.54) is 0 Å². The molecule has 48 nitrogen and oxygen atoms in total. The van der Waals surface area contributed by atoms with Crippen molar-refractivity contribution in [3.63, 3.8) is 0 Å². The van der Waals surface area contributed by atoms with E-state index >= 15 is 0 Å². The van der Waals surface area contributed by atoms with Crippen molar-refractivity contribution in [2.24, 2.45) is 0 Å². The van der Waals surface area contributed by atoms with Gasteiger partial charge in [-0.25, -0.2) is 18.7 Å². The third kappa shape index (κ3) is 272. The minimum absolute atomic E-state index is 0. The maximum absolute atomic E-state index is 8.55. The smallest absolute Gasteiger partial charge is 0.241 e. The summed E-state index contributed by atoms with van der Waals surface area (Å²) in [6, 6.07) is 0. The Hall–Kier alpha value is 3.77. The van der Waals surface area contributed by atoms with Crippen molar-refractivity contribution in [2.75, 3.05) is 0 Å². The Kier molecular flexibility index (Phi) is 1520. The largest absolute Gasteiger partial charge is 2.00 e. The summed E-state index contributed by atoms with van der Waals surface area (Å²) in [5.41, 5.74) is 0. The molecule has 4 heterocycles. The maximum Gasteiger partial charge on any atom is 0.241 e. The zero-order valence-corrected chi connectivity index (χ0v) is 61.6. The van der Waals surface area contributed by atoms with E-state index in [0.717, 1.165) is 39.0 Å². The van der Waals surface area contributed by atoms with Crippen molar-refractivity contribution < 1.29 is 483 Å². The zero-order valence-electron chi connectivity index (χ0n) is 36.6. The normalized spacial score (nSPS) is 4.19. The summed E-state index contributed by atoms with van der Waals surface area (Å²) in [6.07, 6.45) is 25.7. The molecule has 0 aliphatic heterocycles. The SMILES string of the molecule is O=P([O-])([O-])[O-].[Mo].[Mo].[Mo].[Mo].[Mo].[Mo].[Mo].[Mo].[Mo].[Mo].[Mo].[Mo].[O-2].[O-2].[O-2].[O-2].[O-2].[O-2].[O-2].[O-2].[O-2].[O-2].[O-2].[O-2].[O-2].[O-2].[O-2].[O-2].[O-2].[O-2].[O-2].[O-2].[O-2].[O-2].[O-2].[O-2].[O-2].[O-2].[O-2].[O-2].[O-2].[O-2].[O-2].[O-2].[O-2].[O-2].[O-2].[O-2].c1c[n+](CCC[n+]2cc[nH]c2)c[nH]1.c1cn(CCC[n+]2cc[nH]c2)cn1. The quantitative estimate of drug-likeness (QED) is 0.0878. The first-order chi connectivity index (χ1) is 14.9. The second-order valence-corrected chi connectivity index (χ2v) is 7.40. The van der Waals surface area contributed by atoms with Crippen LogP contribution in [0.4, 0.5) is 0 Å². The van der Waals surface area contributed by atoms with E-state index in [1.807, 2.05) is 74.9 Å². The fraction of sp³-hybridized carbons (Fsp3) is 0.333. The topological polar surface area (TPSA) is 1190 Å². The molecule has 0 fully saturated rings. The molecule has 0 saturated carbocycles. The van der Waals surface area contributed by atoms with Crippen LogP contribution in [-0.2, 0) is 481 Å². The van der Waals surface area contributed by atoms with Crippen LogP contribution in [0.3, 0.4) is 0 Å². The molecule has 0 amide bonds. The number of aromatic nitrogens is 8. The molecular formula is C18H27Mo12N8O40P-72. The molecule has 0 unspecified atom stereocenters. The van der Waals surface area contributed by atoms with Crippen molar-refractivity contribution >= 4 is 7.82 Å². The van der Waals surface area contributed by atoms with Crippen LogP contribution >= 0.6 is 7.82 Å². The molecule has 0 saturated heterocycles. The van der Waals surface area contributed by atoms with Crippen LogP contribution < -0.4 is 28.4 Å². The monoisotopic (exact) mass is 2200 g/mol. The van der Waals surface area contributed by atoms with E-state index in [4.69, 9.17) is 19.2 Å². The second kappa shape index (κ2) is 278. The zero-order chi connectivity index (χ0) is 22.4. The Balaban J connectivity index is -0.00000000340. The summed E-state index contributed by atoms with van der Waals surface area (Å²) in [4.78, 5) is 38.7. The Morgan fingerprint density at radius 3 is 0.658 bits per heavy atom. The maximum atomic E-state index is 8.55. The predicted molar refractivity (Wildman–Crippen MR) is 127 cm³/mol. The third-order valence-corrected chi connectivity index (χ3v) is 4.03. The van der Waals surface area contributed by atoms with E-state index in [9.17, 15) is 0 Å². The van der Waals surface area contributed by atoms with Gasteiger partial charge >= 0.3 is 0 Å². The number of aryl methyl sites for hydroxylation is 4. The molecule has 0 bridgehead atoms. The van der Waals surface area contributed by atoms with Crippen LogP contribution in [-0.4, -0.2) is 24.5 Å². The van der Waals surface area contributed by atoms with Crippen LogP contribution in [0.2, 0.25) is 0 Å². The van der Waals surface area contributed by atoms with E-state index in [-0.39, 0.29) is 450 Å². The summed E-state index contributed by atoms with van der Waals surface area (Å²) in [5.74, 6) is 0. The first-order valence-corrected chi connectivity index (χ1v) is 11.1. The number of H-pyrrole nitrogens is 3. The Morgan fingerprint density at radius 1 is 0.342 bits per heavy atom. The van der Waals surface area contributed by atoms with Gasteiger partial charge < -0.3 is 221 Å². The average Bonchev–Trinajstić information content (AvgIpc) is 3.50. The van der Waals surface area contributed by atoms with Crippen LogP contribution in [0.15, 0.2) is 74.9 Å². The number of imidazole rings is 4. The number of rotatable bonds is 8. The molecule has 0 aliphatic carbocycles. The van der Waals surface area contributed by atoms with Gasteiger partial charge in [0.25, 0.3) is 0 Å². The van der Waals surface area contributed by atoms with Gasteiger partial charge in [0.05, 0.1) is 26.0 Å². The van der Waals surface area contributed by atoms with Gasteiger partial charge in [0.2, 0.25) is 19.0 Å². The standard InChI is InChI=1S/2C9H12N4.12Mo.H3O4P.36O/c2*1(4-12-6-2-10-8-12)5-13-7-3-11-9-13;;;;;;;;;;;;;1-5(2,3)4;;;;;;;;;;;;;;;;;;;;;;;;;;;;;;;;;;;;/h2*2-3,6-9H,1,4-5H2;;;;;;;;;;;;;(H3,1,2,3,4);;;;;;;;;;;;;;;;;;;;;;;;;;;;;;;;;;;;/q;;;;;;;;;;;;;;;36*-2. The molecule has 0 spiro atoms. The number of phosphoric acid groups is 1. The summed E-state index contributed by atoms with van der Waals surface area (Å²) >= 11 is 0. The van der Waals surface area contributed by atoms with E-state index < -0.39 is 7.82 Å². The molecule has 3 N–H and O–H groups in total. The van der Waals surface area contributed by atoms with Gasteiger partial charge in [-0.3, -0.25) is 15.0 Å². The molecular weight excluding hydrogens is 2150 g/mol. The van der Waals surface area contributed by atoms with Crippen LogP contribution in [0, 0.1) is 0 Å². The Morgan fingerprint density at radius 2 is 0.519 bits per heavy atom. The second-order valence-electron chi connectivity index (χ2n) is 6.50. The van der Waals surface area contributed by atoms with Gasteiger partial charge in [0.15, 0.2) is 0 Å². The molecule has 0 aliphatic rings. The van der Waals surface area contributed by atoms with Crippen LogP contribution in [0.1, 0.15) is 12.8 Å². The summed E-state index contributed by atoms with van der Waals surface area (Å²) < 4.78 is 17.1.